The Kier molecular flexibility index (Phi) is 4.49. The lowest BCUT2D eigenvalue weighted by Crippen LogP contribution is -2.27. The van der Waals surface area contributed by atoms with Crippen LogP contribution >= 0.6 is 0 Å². The Bertz CT molecular complexity index is 721. The van der Waals surface area contributed by atoms with E-state index in [4.69, 9.17) is 0 Å². The van der Waals surface area contributed by atoms with Crippen molar-refractivity contribution in [3.63, 3.8) is 0 Å². The van der Waals surface area contributed by atoms with Crippen molar-refractivity contribution in [3.8, 4) is 0 Å². The number of hydrogen-bond acceptors (Lipinski definition) is 3. The van der Waals surface area contributed by atoms with Crippen LogP contribution in [-0.4, -0.2) is 29.6 Å². The molecule has 0 amide bonds. The Morgan fingerprint density at radius 1 is 1.19 bits per heavy atom. The second-order valence-corrected chi connectivity index (χ2v) is 7.08. The minimum Gasteiger partial charge on any atom is -0.270 e. The van der Waals surface area contributed by atoms with Crippen molar-refractivity contribution >= 4 is 10.0 Å². The summed E-state index contributed by atoms with van der Waals surface area (Å²) >= 11 is 0. The zero-order valence-corrected chi connectivity index (χ0v) is 13.7. The molecule has 0 aliphatic carbocycles. The lowest BCUT2D eigenvalue weighted by Gasteiger charge is -2.17. The van der Waals surface area contributed by atoms with Crippen molar-refractivity contribution in [2.24, 2.45) is 0 Å². The van der Waals surface area contributed by atoms with Gasteiger partial charge in [-0.3, -0.25) is 4.68 Å². The summed E-state index contributed by atoms with van der Waals surface area (Å²) in [5, 5.41) is 4.43. The maximum atomic E-state index is 12.5. The van der Waals surface area contributed by atoms with Crippen LogP contribution in [0.5, 0.6) is 0 Å². The summed E-state index contributed by atoms with van der Waals surface area (Å²) in [4.78, 5) is 0.311. The maximum Gasteiger partial charge on any atom is 0.243 e. The third-order valence-electron chi connectivity index (χ3n) is 3.66. The van der Waals surface area contributed by atoms with Gasteiger partial charge in [-0.2, -0.15) is 9.40 Å². The van der Waals surface area contributed by atoms with Crippen molar-refractivity contribution in [2.75, 3.05) is 7.05 Å². The van der Waals surface area contributed by atoms with Crippen LogP contribution in [0.4, 0.5) is 0 Å². The van der Waals surface area contributed by atoms with E-state index in [2.05, 4.69) is 5.10 Å². The van der Waals surface area contributed by atoms with Gasteiger partial charge in [0.1, 0.15) is 0 Å². The number of hydrogen-bond donors (Lipinski definition) is 0. The van der Waals surface area contributed by atoms with E-state index in [0.717, 1.165) is 23.5 Å². The highest BCUT2D eigenvalue weighted by Crippen LogP contribution is 2.20. The smallest absolute Gasteiger partial charge is 0.243 e. The molecule has 1 aromatic heterocycles. The first-order valence-electron chi connectivity index (χ1n) is 6.92. The minimum atomic E-state index is -3.47. The zero-order valence-electron chi connectivity index (χ0n) is 12.9. The second kappa shape index (κ2) is 5.99. The van der Waals surface area contributed by atoms with E-state index in [0.29, 0.717) is 11.4 Å². The molecule has 0 aliphatic rings. The number of rotatable bonds is 5. The van der Waals surface area contributed by atoms with Crippen LogP contribution in [0.15, 0.2) is 35.2 Å². The van der Waals surface area contributed by atoms with E-state index in [-0.39, 0.29) is 0 Å². The van der Waals surface area contributed by atoms with Gasteiger partial charge in [-0.05, 0) is 32.9 Å². The van der Waals surface area contributed by atoms with Crippen molar-refractivity contribution < 1.29 is 8.42 Å². The fourth-order valence-electron chi connectivity index (χ4n) is 2.35. The second-order valence-electron chi connectivity index (χ2n) is 5.04. The van der Waals surface area contributed by atoms with Gasteiger partial charge in [0.2, 0.25) is 10.0 Å². The molecule has 21 heavy (non-hydrogen) atoms. The predicted molar refractivity (Wildman–Crippen MR) is 82.5 cm³/mol. The third kappa shape index (κ3) is 3.01. The molecular formula is C15H21N3O2S. The fraction of sp³-hybridized carbons (Fsp3) is 0.400. The van der Waals surface area contributed by atoms with Crippen LogP contribution in [0.25, 0.3) is 0 Å². The first-order chi connectivity index (χ1) is 9.87. The molecule has 0 saturated heterocycles. The number of aromatic nitrogens is 2. The largest absolute Gasteiger partial charge is 0.270 e. The number of nitrogens with zero attached hydrogens (tertiary/aromatic N) is 3. The van der Waals surface area contributed by atoms with Gasteiger partial charge in [-0.1, -0.05) is 18.2 Å². The highest BCUT2D eigenvalue weighted by molar-refractivity contribution is 7.89. The summed E-state index contributed by atoms with van der Waals surface area (Å²) < 4.78 is 28.3. The minimum absolute atomic E-state index is 0.311. The quantitative estimate of drug-likeness (QED) is 0.852. The van der Waals surface area contributed by atoms with E-state index in [1.54, 1.807) is 37.4 Å². The molecule has 2 rings (SSSR count). The lowest BCUT2D eigenvalue weighted by atomic mass is 10.2. The normalized spacial score (nSPS) is 12.0. The molecule has 1 heterocycles. The van der Waals surface area contributed by atoms with Crippen molar-refractivity contribution in [3.05, 3.63) is 47.3 Å². The van der Waals surface area contributed by atoms with E-state index in [1.165, 1.54) is 4.31 Å². The summed E-state index contributed by atoms with van der Waals surface area (Å²) in [6.45, 7) is 7.02. The van der Waals surface area contributed by atoms with Crippen LogP contribution in [-0.2, 0) is 23.1 Å². The standard InChI is InChI=1S/C15H21N3O2S/c1-5-18-13(3)15(12(2)16-18)11-17(4)21(19,20)14-9-7-6-8-10-14/h6-10H,5,11H2,1-4H3. The summed E-state index contributed by atoms with van der Waals surface area (Å²) in [6, 6.07) is 8.49. The van der Waals surface area contributed by atoms with Gasteiger partial charge in [0, 0.05) is 31.4 Å². The van der Waals surface area contributed by atoms with Gasteiger partial charge in [-0.25, -0.2) is 8.42 Å². The Morgan fingerprint density at radius 2 is 1.81 bits per heavy atom. The lowest BCUT2D eigenvalue weighted by molar-refractivity contribution is 0.465. The molecule has 0 radical (unpaired) electrons. The summed E-state index contributed by atoms with van der Waals surface area (Å²) in [5.41, 5.74) is 2.87. The Labute approximate surface area is 126 Å². The number of sulfonamides is 1. The van der Waals surface area contributed by atoms with Gasteiger partial charge in [0.15, 0.2) is 0 Å². The van der Waals surface area contributed by atoms with Gasteiger partial charge < -0.3 is 0 Å². The molecule has 2 aromatic rings. The van der Waals surface area contributed by atoms with Crippen molar-refractivity contribution in [1.82, 2.24) is 14.1 Å². The van der Waals surface area contributed by atoms with E-state index in [1.807, 2.05) is 25.5 Å². The Balaban J connectivity index is 2.30. The SMILES string of the molecule is CCn1nc(C)c(CN(C)S(=O)(=O)c2ccccc2)c1C. The molecule has 0 aliphatic heterocycles. The molecule has 0 spiro atoms. The van der Waals surface area contributed by atoms with Crippen LogP contribution in [0.2, 0.25) is 0 Å². The molecule has 114 valence electrons. The highest BCUT2D eigenvalue weighted by atomic mass is 32.2. The highest BCUT2D eigenvalue weighted by Gasteiger charge is 2.23. The molecule has 6 heteroatoms. The van der Waals surface area contributed by atoms with Crippen LogP contribution in [0, 0.1) is 13.8 Å². The zero-order chi connectivity index (χ0) is 15.6. The molecule has 0 unspecified atom stereocenters. The van der Waals surface area contributed by atoms with Crippen molar-refractivity contribution in [2.45, 2.75) is 38.8 Å². The number of benzene rings is 1. The van der Waals surface area contributed by atoms with Gasteiger partial charge in [0.25, 0.3) is 0 Å². The summed E-state index contributed by atoms with van der Waals surface area (Å²) in [7, 11) is -1.87. The van der Waals surface area contributed by atoms with Gasteiger partial charge in [-0.15, -0.1) is 0 Å². The molecule has 1 aromatic carbocycles. The average molecular weight is 307 g/mol. The topological polar surface area (TPSA) is 55.2 Å². The molecule has 0 saturated carbocycles. The summed E-state index contributed by atoms with van der Waals surface area (Å²) in [5.74, 6) is 0. The third-order valence-corrected chi connectivity index (χ3v) is 5.48. The molecule has 0 N–H and O–H groups in total. The van der Waals surface area contributed by atoms with Crippen LogP contribution in [0.1, 0.15) is 23.9 Å². The van der Waals surface area contributed by atoms with Crippen molar-refractivity contribution in [1.29, 1.82) is 0 Å². The predicted octanol–water partition coefficient (Wildman–Crippen LogP) is 2.34. The molecule has 0 fully saturated rings. The van der Waals surface area contributed by atoms with Gasteiger partial charge in [0.05, 0.1) is 10.6 Å². The first-order valence-corrected chi connectivity index (χ1v) is 8.36. The van der Waals surface area contributed by atoms with Gasteiger partial charge >= 0.3 is 0 Å². The summed E-state index contributed by atoms with van der Waals surface area (Å²) in [6.07, 6.45) is 0. The number of aryl methyl sites for hydroxylation is 2. The Hall–Kier alpha value is -1.66. The fourth-order valence-corrected chi connectivity index (χ4v) is 3.51. The van der Waals surface area contributed by atoms with E-state index < -0.39 is 10.0 Å². The van der Waals surface area contributed by atoms with Crippen LogP contribution in [0.3, 0.4) is 0 Å². The molecule has 0 bridgehead atoms. The van der Waals surface area contributed by atoms with E-state index in [9.17, 15) is 8.42 Å². The first kappa shape index (κ1) is 15.7. The maximum absolute atomic E-state index is 12.5. The molecule has 5 nitrogen and oxygen atoms in total. The van der Waals surface area contributed by atoms with E-state index >= 15 is 0 Å². The monoisotopic (exact) mass is 307 g/mol. The molecule has 0 atom stereocenters. The van der Waals surface area contributed by atoms with Crippen LogP contribution < -0.4 is 0 Å². The molecular weight excluding hydrogens is 286 g/mol. The average Bonchev–Trinajstić information content (AvgIpc) is 2.75. The Morgan fingerprint density at radius 3 is 2.33 bits per heavy atom.